The first kappa shape index (κ1) is 13.6. The maximum atomic E-state index is 5.82. The summed E-state index contributed by atoms with van der Waals surface area (Å²) in [5.74, 6) is 0. The molecule has 0 N–H and O–H groups in total. The molecule has 0 saturated carbocycles. The lowest BCUT2D eigenvalue weighted by molar-refractivity contribution is 0.186. The molecule has 3 nitrogen and oxygen atoms in total. The van der Waals surface area contributed by atoms with E-state index in [-0.39, 0.29) is 0 Å². The fourth-order valence-electron chi connectivity index (χ4n) is 2.78. The van der Waals surface area contributed by atoms with Gasteiger partial charge in [0.2, 0.25) is 0 Å². The average Bonchev–Trinajstić information content (AvgIpc) is 2.42. The molecule has 4 heteroatoms. The summed E-state index contributed by atoms with van der Waals surface area (Å²) in [6.07, 6.45) is 4.36. The number of aromatic nitrogens is 1. The maximum absolute atomic E-state index is 5.82. The molecule has 1 aromatic rings. The number of hydrogen-bond donors (Lipinski definition) is 0. The van der Waals surface area contributed by atoms with E-state index in [4.69, 9.17) is 11.6 Å². The fraction of sp³-hybridized carbons (Fsp3) is 0.643. The quantitative estimate of drug-likeness (QED) is 0.782. The van der Waals surface area contributed by atoms with E-state index in [2.05, 4.69) is 34.7 Å². The lowest BCUT2D eigenvalue weighted by Gasteiger charge is -2.38. The van der Waals surface area contributed by atoms with Crippen molar-refractivity contribution in [1.29, 1.82) is 0 Å². The molecule has 18 heavy (non-hydrogen) atoms. The lowest BCUT2D eigenvalue weighted by Crippen LogP contribution is -2.44. The van der Waals surface area contributed by atoms with Crippen LogP contribution in [0.15, 0.2) is 18.3 Å². The van der Waals surface area contributed by atoms with Gasteiger partial charge in [0.15, 0.2) is 0 Å². The molecule has 2 rings (SSSR count). The summed E-state index contributed by atoms with van der Waals surface area (Å²) in [5, 5.41) is 0.566. The van der Waals surface area contributed by atoms with E-state index in [1.54, 1.807) is 0 Å². The zero-order chi connectivity index (χ0) is 13.0. The third kappa shape index (κ3) is 3.15. The van der Waals surface area contributed by atoms with Gasteiger partial charge in [0.1, 0.15) is 5.15 Å². The van der Waals surface area contributed by atoms with Crippen LogP contribution in [0.1, 0.15) is 26.7 Å². The van der Waals surface area contributed by atoms with Crippen LogP contribution in [0, 0.1) is 0 Å². The van der Waals surface area contributed by atoms with E-state index >= 15 is 0 Å². The Morgan fingerprint density at radius 1 is 1.28 bits per heavy atom. The van der Waals surface area contributed by atoms with Gasteiger partial charge in [-0.05, 0) is 38.1 Å². The van der Waals surface area contributed by atoms with E-state index in [1.165, 1.54) is 18.5 Å². The SMILES string of the molecule is CCN(CC)C1CCN(c2ccc(Cl)nc2)CC1. The van der Waals surface area contributed by atoms with Gasteiger partial charge in [-0.3, -0.25) is 0 Å². The van der Waals surface area contributed by atoms with Gasteiger partial charge in [0.25, 0.3) is 0 Å². The normalized spacial score (nSPS) is 17.4. The summed E-state index contributed by atoms with van der Waals surface area (Å²) >= 11 is 5.82. The van der Waals surface area contributed by atoms with Crippen LogP contribution in [0.4, 0.5) is 5.69 Å². The molecule has 1 saturated heterocycles. The molecule has 0 aromatic carbocycles. The van der Waals surface area contributed by atoms with Crippen molar-refractivity contribution in [1.82, 2.24) is 9.88 Å². The topological polar surface area (TPSA) is 19.4 Å². The van der Waals surface area contributed by atoms with Gasteiger partial charge in [-0.15, -0.1) is 0 Å². The van der Waals surface area contributed by atoms with Gasteiger partial charge >= 0.3 is 0 Å². The van der Waals surface area contributed by atoms with Gasteiger partial charge in [-0.2, -0.15) is 0 Å². The predicted octanol–water partition coefficient (Wildman–Crippen LogP) is 3.05. The molecule has 0 radical (unpaired) electrons. The van der Waals surface area contributed by atoms with Crippen LogP contribution in [0.5, 0.6) is 0 Å². The number of piperidine rings is 1. The number of rotatable bonds is 4. The zero-order valence-corrected chi connectivity index (χ0v) is 12.0. The molecule has 0 spiro atoms. The van der Waals surface area contributed by atoms with Crippen molar-refractivity contribution >= 4 is 17.3 Å². The first-order chi connectivity index (χ1) is 8.74. The summed E-state index contributed by atoms with van der Waals surface area (Å²) in [6.45, 7) is 9.04. The number of halogens is 1. The second-order valence-corrected chi connectivity index (χ2v) is 5.17. The summed E-state index contributed by atoms with van der Waals surface area (Å²) in [5.41, 5.74) is 1.19. The molecule has 0 atom stereocenters. The Morgan fingerprint density at radius 3 is 2.44 bits per heavy atom. The minimum atomic E-state index is 0.566. The Morgan fingerprint density at radius 2 is 1.94 bits per heavy atom. The molecule has 1 aliphatic heterocycles. The highest BCUT2D eigenvalue weighted by molar-refractivity contribution is 6.29. The molecule has 0 bridgehead atoms. The van der Waals surface area contributed by atoms with E-state index in [1.807, 2.05) is 12.3 Å². The Balaban J connectivity index is 1.92. The fourth-order valence-corrected chi connectivity index (χ4v) is 2.90. The van der Waals surface area contributed by atoms with Crippen molar-refractivity contribution in [3.63, 3.8) is 0 Å². The van der Waals surface area contributed by atoms with E-state index in [9.17, 15) is 0 Å². The van der Waals surface area contributed by atoms with Gasteiger partial charge in [-0.1, -0.05) is 25.4 Å². The number of nitrogens with zero attached hydrogens (tertiary/aromatic N) is 3. The van der Waals surface area contributed by atoms with Crippen LogP contribution < -0.4 is 4.90 Å². The molecular weight excluding hydrogens is 246 g/mol. The Hall–Kier alpha value is -0.800. The van der Waals surface area contributed by atoms with Crippen molar-refractivity contribution in [2.45, 2.75) is 32.7 Å². The highest BCUT2D eigenvalue weighted by Gasteiger charge is 2.22. The molecule has 1 aromatic heterocycles. The number of hydrogen-bond acceptors (Lipinski definition) is 3. The van der Waals surface area contributed by atoms with Crippen LogP contribution >= 0.6 is 11.6 Å². The minimum absolute atomic E-state index is 0.566. The summed E-state index contributed by atoms with van der Waals surface area (Å²) < 4.78 is 0. The molecule has 0 amide bonds. The predicted molar refractivity (Wildman–Crippen MR) is 77.4 cm³/mol. The summed E-state index contributed by atoms with van der Waals surface area (Å²) in [7, 11) is 0. The molecule has 1 aliphatic rings. The van der Waals surface area contributed by atoms with Crippen LogP contribution in [-0.4, -0.2) is 42.1 Å². The molecule has 1 fully saturated rings. The van der Waals surface area contributed by atoms with Crippen molar-refractivity contribution in [3.05, 3.63) is 23.5 Å². The Bertz CT molecular complexity index is 354. The third-order valence-electron chi connectivity index (χ3n) is 3.87. The van der Waals surface area contributed by atoms with Crippen molar-refractivity contribution in [2.24, 2.45) is 0 Å². The molecule has 100 valence electrons. The van der Waals surface area contributed by atoms with Gasteiger partial charge in [0.05, 0.1) is 11.9 Å². The van der Waals surface area contributed by atoms with Gasteiger partial charge < -0.3 is 9.80 Å². The van der Waals surface area contributed by atoms with E-state index in [0.29, 0.717) is 5.15 Å². The second kappa shape index (κ2) is 6.39. The van der Waals surface area contributed by atoms with Crippen LogP contribution in [0.3, 0.4) is 0 Å². The van der Waals surface area contributed by atoms with Crippen LogP contribution in [0.2, 0.25) is 5.15 Å². The summed E-state index contributed by atoms with van der Waals surface area (Å²) in [4.78, 5) is 9.13. The maximum Gasteiger partial charge on any atom is 0.129 e. The lowest BCUT2D eigenvalue weighted by atomic mass is 10.0. The number of anilines is 1. The van der Waals surface area contributed by atoms with Crippen molar-refractivity contribution in [3.8, 4) is 0 Å². The highest BCUT2D eigenvalue weighted by atomic mass is 35.5. The van der Waals surface area contributed by atoms with Crippen LogP contribution in [-0.2, 0) is 0 Å². The average molecular weight is 268 g/mol. The van der Waals surface area contributed by atoms with Gasteiger partial charge in [0, 0.05) is 19.1 Å². The standard InChI is InChI=1S/C14H22ClN3/c1-3-17(4-2)12-7-9-18(10-8-12)13-5-6-14(15)16-11-13/h5-6,11-12H,3-4,7-10H2,1-2H3. The largest absolute Gasteiger partial charge is 0.370 e. The van der Waals surface area contributed by atoms with Crippen molar-refractivity contribution in [2.75, 3.05) is 31.1 Å². The van der Waals surface area contributed by atoms with Crippen molar-refractivity contribution < 1.29 is 0 Å². The van der Waals surface area contributed by atoms with E-state index in [0.717, 1.165) is 32.2 Å². The minimum Gasteiger partial charge on any atom is -0.370 e. The first-order valence-electron chi connectivity index (χ1n) is 6.85. The Labute approximate surface area is 115 Å². The third-order valence-corrected chi connectivity index (χ3v) is 4.09. The van der Waals surface area contributed by atoms with Crippen LogP contribution in [0.25, 0.3) is 0 Å². The second-order valence-electron chi connectivity index (χ2n) is 4.78. The smallest absolute Gasteiger partial charge is 0.129 e. The molecule has 0 unspecified atom stereocenters. The van der Waals surface area contributed by atoms with E-state index < -0.39 is 0 Å². The molecular formula is C14H22ClN3. The summed E-state index contributed by atoms with van der Waals surface area (Å²) in [6, 6.07) is 4.68. The first-order valence-corrected chi connectivity index (χ1v) is 7.23. The molecule has 0 aliphatic carbocycles. The zero-order valence-electron chi connectivity index (χ0n) is 11.3. The monoisotopic (exact) mass is 267 g/mol. The number of pyridine rings is 1. The van der Waals surface area contributed by atoms with Gasteiger partial charge in [-0.25, -0.2) is 4.98 Å². The Kier molecular flexibility index (Phi) is 4.84. The highest BCUT2D eigenvalue weighted by Crippen LogP contribution is 2.22. The molecule has 2 heterocycles.